The number of benzene rings is 1. The molecule has 164 valence electrons. The summed E-state index contributed by atoms with van der Waals surface area (Å²) >= 11 is 0. The lowest BCUT2D eigenvalue weighted by Crippen LogP contribution is -2.36. The Morgan fingerprint density at radius 2 is 1.93 bits per heavy atom. The standard InChI is InChI=1S/C24H40N2O3/c1-25(14-9-21-10-15-28-16-11-21)18-22-7-6-8-24(17-22)29-20-23(27)19-26-12-4-2-3-5-13-26/h6-8,17,21,23,27H,2-5,9-16,18-20H2,1H3/t23-/m1/s1. The van der Waals surface area contributed by atoms with Crippen molar-refractivity contribution in [3.8, 4) is 5.75 Å². The normalized spacial score (nSPS) is 20.5. The molecule has 3 rings (SSSR count). The van der Waals surface area contributed by atoms with Gasteiger partial charge in [-0.2, -0.15) is 0 Å². The number of likely N-dealkylation sites (tertiary alicyclic amines) is 1. The molecule has 1 atom stereocenters. The van der Waals surface area contributed by atoms with Crippen molar-refractivity contribution in [2.75, 3.05) is 53.0 Å². The summed E-state index contributed by atoms with van der Waals surface area (Å²) in [6.45, 7) is 7.18. The Labute approximate surface area is 177 Å². The van der Waals surface area contributed by atoms with Crippen LogP contribution >= 0.6 is 0 Å². The summed E-state index contributed by atoms with van der Waals surface area (Å²) in [7, 11) is 2.19. The number of hydrogen-bond donors (Lipinski definition) is 1. The van der Waals surface area contributed by atoms with Crippen LogP contribution in [0.5, 0.6) is 5.75 Å². The van der Waals surface area contributed by atoms with Crippen LogP contribution in [0.15, 0.2) is 24.3 Å². The zero-order valence-electron chi connectivity index (χ0n) is 18.2. The summed E-state index contributed by atoms with van der Waals surface area (Å²) in [5.74, 6) is 1.67. The molecule has 0 amide bonds. The molecule has 1 aromatic carbocycles. The van der Waals surface area contributed by atoms with E-state index in [9.17, 15) is 5.11 Å². The maximum absolute atomic E-state index is 10.4. The molecule has 2 fully saturated rings. The van der Waals surface area contributed by atoms with Crippen LogP contribution < -0.4 is 4.74 Å². The van der Waals surface area contributed by atoms with E-state index in [1.807, 2.05) is 6.07 Å². The molecule has 2 aliphatic rings. The monoisotopic (exact) mass is 404 g/mol. The second-order valence-electron chi connectivity index (χ2n) is 8.91. The van der Waals surface area contributed by atoms with Crippen molar-refractivity contribution in [2.45, 2.75) is 57.6 Å². The van der Waals surface area contributed by atoms with Crippen molar-refractivity contribution in [1.29, 1.82) is 0 Å². The van der Waals surface area contributed by atoms with Crippen LogP contribution in [-0.4, -0.2) is 74.1 Å². The van der Waals surface area contributed by atoms with Gasteiger partial charge in [-0.25, -0.2) is 0 Å². The smallest absolute Gasteiger partial charge is 0.119 e. The molecule has 1 N–H and O–H groups in total. The van der Waals surface area contributed by atoms with Crippen LogP contribution in [0.2, 0.25) is 0 Å². The third kappa shape index (κ3) is 8.63. The van der Waals surface area contributed by atoms with E-state index in [1.165, 1.54) is 50.5 Å². The predicted molar refractivity (Wildman–Crippen MR) is 117 cm³/mol. The Hall–Kier alpha value is -1.14. The Morgan fingerprint density at radius 3 is 2.69 bits per heavy atom. The first-order chi connectivity index (χ1) is 14.2. The number of nitrogens with zero attached hydrogens (tertiary/aromatic N) is 2. The van der Waals surface area contributed by atoms with E-state index in [1.54, 1.807) is 0 Å². The van der Waals surface area contributed by atoms with Crippen molar-refractivity contribution >= 4 is 0 Å². The maximum atomic E-state index is 10.4. The van der Waals surface area contributed by atoms with E-state index in [0.29, 0.717) is 13.2 Å². The van der Waals surface area contributed by atoms with Gasteiger partial charge in [0.2, 0.25) is 0 Å². The van der Waals surface area contributed by atoms with E-state index < -0.39 is 6.10 Å². The molecule has 1 aromatic rings. The zero-order chi connectivity index (χ0) is 20.3. The highest BCUT2D eigenvalue weighted by Gasteiger charge is 2.15. The predicted octanol–water partition coefficient (Wildman–Crippen LogP) is 3.55. The Balaban J connectivity index is 1.37. The van der Waals surface area contributed by atoms with Gasteiger partial charge in [0.25, 0.3) is 0 Å². The van der Waals surface area contributed by atoms with Crippen molar-refractivity contribution < 1.29 is 14.6 Å². The van der Waals surface area contributed by atoms with Gasteiger partial charge in [0.05, 0.1) is 0 Å². The molecular weight excluding hydrogens is 364 g/mol. The number of β-amino-alcohol motifs (C(OH)–C–C–N with tert-alkyl or cyclic N) is 1. The van der Waals surface area contributed by atoms with Gasteiger partial charge in [0, 0.05) is 26.3 Å². The summed E-state index contributed by atoms with van der Waals surface area (Å²) in [5, 5.41) is 10.4. The molecule has 5 nitrogen and oxygen atoms in total. The van der Waals surface area contributed by atoms with Gasteiger partial charge in [-0.1, -0.05) is 25.0 Å². The Morgan fingerprint density at radius 1 is 1.17 bits per heavy atom. The lowest BCUT2D eigenvalue weighted by atomic mass is 9.96. The molecule has 0 bridgehead atoms. The average Bonchev–Trinajstić information content (AvgIpc) is 3.00. The third-order valence-corrected chi connectivity index (χ3v) is 6.22. The molecule has 0 radical (unpaired) electrons. The molecule has 29 heavy (non-hydrogen) atoms. The second kappa shape index (κ2) is 12.5. The maximum Gasteiger partial charge on any atom is 0.119 e. The minimum Gasteiger partial charge on any atom is -0.491 e. The fourth-order valence-corrected chi connectivity index (χ4v) is 4.42. The highest BCUT2D eigenvalue weighted by molar-refractivity contribution is 5.28. The number of rotatable bonds is 10. The summed E-state index contributed by atoms with van der Waals surface area (Å²) in [4.78, 5) is 4.77. The molecular formula is C24H40N2O3. The van der Waals surface area contributed by atoms with Gasteiger partial charge in [-0.05, 0) is 82.4 Å². The van der Waals surface area contributed by atoms with Gasteiger partial charge in [-0.3, -0.25) is 0 Å². The van der Waals surface area contributed by atoms with Gasteiger partial charge in [0.1, 0.15) is 18.5 Å². The van der Waals surface area contributed by atoms with Gasteiger partial charge >= 0.3 is 0 Å². The van der Waals surface area contributed by atoms with Crippen molar-refractivity contribution in [1.82, 2.24) is 9.80 Å². The topological polar surface area (TPSA) is 45.2 Å². The van der Waals surface area contributed by atoms with Gasteiger partial charge in [-0.15, -0.1) is 0 Å². The van der Waals surface area contributed by atoms with Crippen LogP contribution in [0.1, 0.15) is 50.5 Å². The van der Waals surface area contributed by atoms with Gasteiger partial charge < -0.3 is 24.4 Å². The number of hydrogen-bond acceptors (Lipinski definition) is 5. The first kappa shape index (κ1) is 22.5. The van der Waals surface area contributed by atoms with Crippen LogP contribution in [0.4, 0.5) is 0 Å². The second-order valence-corrected chi connectivity index (χ2v) is 8.91. The Kier molecular flexibility index (Phi) is 9.74. The average molecular weight is 405 g/mol. The molecule has 5 heteroatoms. The molecule has 2 heterocycles. The molecule has 0 saturated carbocycles. The third-order valence-electron chi connectivity index (χ3n) is 6.22. The number of aliphatic hydroxyl groups is 1. The minimum atomic E-state index is -0.432. The SMILES string of the molecule is CN(CCC1CCOCC1)Cc1cccc(OC[C@H](O)CN2CCCCCC2)c1. The van der Waals surface area contributed by atoms with E-state index in [2.05, 4.69) is 35.0 Å². The summed E-state index contributed by atoms with van der Waals surface area (Å²) in [5.41, 5.74) is 1.26. The van der Waals surface area contributed by atoms with Crippen molar-refractivity contribution in [3.05, 3.63) is 29.8 Å². The van der Waals surface area contributed by atoms with E-state index >= 15 is 0 Å². The van der Waals surface area contributed by atoms with Crippen LogP contribution in [0.25, 0.3) is 0 Å². The summed E-state index contributed by atoms with van der Waals surface area (Å²) in [6.07, 6.45) is 8.36. The molecule has 0 spiro atoms. The number of ether oxygens (including phenoxy) is 2. The van der Waals surface area contributed by atoms with Crippen LogP contribution in [-0.2, 0) is 11.3 Å². The first-order valence-electron chi connectivity index (χ1n) is 11.6. The molecule has 0 aliphatic carbocycles. The summed E-state index contributed by atoms with van der Waals surface area (Å²) < 4.78 is 11.4. The minimum absolute atomic E-state index is 0.361. The molecule has 2 saturated heterocycles. The fraction of sp³-hybridized carbons (Fsp3) is 0.750. The van der Waals surface area contributed by atoms with Crippen molar-refractivity contribution in [2.24, 2.45) is 5.92 Å². The Bertz CT molecular complexity index is 569. The van der Waals surface area contributed by atoms with Crippen LogP contribution in [0.3, 0.4) is 0 Å². The van der Waals surface area contributed by atoms with E-state index in [4.69, 9.17) is 9.47 Å². The quantitative estimate of drug-likeness (QED) is 0.646. The van der Waals surface area contributed by atoms with E-state index in [-0.39, 0.29) is 0 Å². The highest BCUT2D eigenvalue weighted by atomic mass is 16.5. The number of aliphatic hydroxyl groups excluding tert-OH is 1. The van der Waals surface area contributed by atoms with Crippen LogP contribution in [0, 0.1) is 5.92 Å². The molecule has 0 aromatic heterocycles. The molecule has 0 unspecified atom stereocenters. The highest BCUT2D eigenvalue weighted by Crippen LogP contribution is 2.20. The lowest BCUT2D eigenvalue weighted by Gasteiger charge is -2.25. The van der Waals surface area contributed by atoms with E-state index in [0.717, 1.165) is 51.1 Å². The zero-order valence-corrected chi connectivity index (χ0v) is 18.2. The summed E-state index contributed by atoms with van der Waals surface area (Å²) in [6, 6.07) is 8.32. The largest absolute Gasteiger partial charge is 0.491 e. The molecule has 2 aliphatic heterocycles. The first-order valence-corrected chi connectivity index (χ1v) is 11.6. The van der Waals surface area contributed by atoms with Crippen molar-refractivity contribution in [3.63, 3.8) is 0 Å². The lowest BCUT2D eigenvalue weighted by molar-refractivity contribution is 0.0608. The fourth-order valence-electron chi connectivity index (χ4n) is 4.42. The van der Waals surface area contributed by atoms with Gasteiger partial charge in [0.15, 0.2) is 0 Å².